The lowest BCUT2D eigenvalue weighted by atomic mass is 9.69. The molecule has 1 aliphatic heterocycles. The van der Waals surface area contributed by atoms with Crippen LogP contribution in [0.1, 0.15) is 45.1 Å². The Morgan fingerprint density at radius 1 is 1.23 bits per heavy atom. The first-order valence-corrected chi connectivity index (χ1v) is 10.4. The van der Waals surface area contributed by atoms with E-state index in [9.17, 15) is 14.4 Å². The molecule has 2 aliphatic rings. The van der Waals surface area contributed by atoms with Gasteiger partial charge in [0.2, 0.25) is 0 Å². The molecule has 1 aliphatic carbocycles. The van der Waals surface area contributed by atoms with E-state index in [1.165, 1.54) is 7.11 Å². The van der Waals surface area contributed by atoms with Crippen LogP contribution < -0.4 is 5.32 Å². The van der Waals surface area contributed by atoms with Gasteiger partial charge in [0.25, 0.3) is 0 Å². The predicted molar refractivity (Wildman–Crippen MR) is 113 cm³/mol. The summed E-state index contributed by atoms with van der Waals surface area (Å²) < 4.78 is 10.3. The number of methoxy groups -OCH3 is 1. The van der Waals surface area contributed by atoms with Crippen molar-refractivity contribution in [3.63, 3.8) is 0 Å². The number of nitrogens with one attached hydrogen (secondary N) is 1. The molecule has 0 radical (unpaired) electrons. The van der Waals surface area contributed by atoms with Crippen molar-refractivity contribution >= 4 is 29.3 Å². The predicted octanol–water partition coefficient (Wildman–Crippen LogP) is 3.91. The molecule has 0 aromatic heterocycles. The van der Waals surface area contributed by atoms with Gasteiger partial charge in [-0.25, -0.2) is 4.79 Å². The van der Waals surface area contributed by atoms with Crippen LogP contribution in [-0.4, -0.2) is 31.4 Å². The molecule has 160 valence electrons. The highest BCUT2D eigenvalue weighted by Gasteiger charge is 2.47. The molecule has 7 heteroatoms. The molecule has 1 heterocycles. The summed E-state index contributed by atoms with van der Waals surface area (Å²) in [5, 5.41) is 3.78. The number of carbonyl (C=O) groups excluding carboxylic acids is 3. The third kappa shape index (κ3) is 4.01. The molecule has 0 fully saturated rings. The Morgan fingerprint density at radius 3 is 2.50 bits per heavy atom. The Hall–Kier alpha value is -2.60. The van der Waals surface area contributed by atoms with Crippen LogP contribution in [-0.2, 0) is 23.9 Å². The minimum atomic E-state index is -0.906. The molecule has 0 unspecified atom stereocenters. The molecule has 6 nitrogen and oxygen atoms in total. The number of dihydropyridines is 1. The summed E-state index contributed by atoms with van der Waals surface area (Å²) in [6, 6.07) is 7.03. The zero-order valence-electron chi connectivity index (χ0n) is 17.6. The van der Waals surface area contributed by atoms with Gasteiger partial charge in [0.05, 0.1) is 19.3 Å². The molecule has 3 atom stereocenters. The van der Waals surface area contributed by atoms with Crippen LogP contribution in [0.3, 0.4) is 0 Å². The van der Waals surface area contributed by atoms with Crippen molar-refractivity contribution in [3.8, 4) is 0 Å². The van der Waals surface area contributed by atoms with Gasteiger partial charge in [-0.05, 0) is 43.4 Å². The average molecular weight is 432 g/mol. The Labute approximate surface area is 181 Å². The minimum absolute atomic E-state index is 0.219. The van der Waals surface area contributed by atoms with Gasteiger partial charge in [-0.15, -0.1) is 0 Å². The summed E-state index contributed by atoms with van der Waals surface area (Å²) >= 11 is 6.06. The smallest absolute Gasteiger partial charge is 0.336 e. The van der Waals surface area contributed by atoms with Crippen LogP contribution in [0.2, 0.25) is 5.02 Å². The molecular formula is C23H26ClNO5. The maximum Gasteiger partial charge on any atom is 0.336 e. The van der Waals surface area contributed by atoms with Gasteiger partial charge in [-0.3, -0.25) is 9.59 Å². The number of ether oxygens (including phenoxy) is 2. The number of hydrogen-bond acceptors (Lipinski definition) is 6. The van der Waals surface area contributed by atoms with Crippen LogP contribution in [0.25, 0.3) is 0 Å². The first kappa shape index (κ1) is 22.1. The number of halogens is 1. The maximum atomic E-state index is 13.5. The van der Waals surface area contributed by atoms with Crippen molar-refractivity contribution in [3.05, 3.63) is 57.4 Å². The fourth-order valence-corrected chi connectivity index (χ4v) is 4.34. The zero-order chi connectivity index (χ0) is 22.0. The number of benzene rings is 1. The van der Waals surface area contributed by atoms with Crippen LogP contribution in [0.15, 0.2) is 46.8 Å². The van der Waals surface area contributed by atoms with E-state index in [-0.39, 0.29) is 18.3 Å². The van der Waals surface area contributed by atoms with Crippen LogP contribution >= 0.6 is 11.6 Å². The summed E-state index contributed by atoms with van der Waals surface area (Å²) in [4.78, 5) is 38.8. The number of carbonyl (C=O) groups is 3. The first-order valence-electron chi connectivity index (χ1n) is 10.1. The number of hydrogen-bond donors (Lipinski definition) is 1. The fraction of sp³-hybridized carbons (Fsp3) is 0.435. The summed E-state index contributed by atoms with van der Waals surface area (Å²) in [5.41, 5.74) is 2.90. The van der Waals surface area contributed by atoms with Crippen molar-refractivity contribution < 1.29 is 23.9 Å². The van der Waals surface area contributed by atoms with E-state index in [2.05, 4.69) is 5.32 Å². The highest BCUT2D eigenvalue weighted by Crippen LogP contribution is 2.45. The molecule has 3 rings (SSSR count). The van der Waals surface area contributed by atoms with Gasteiger partial charge in [-0.1, -0.05) is 37.6 Å². The van der Waals surface area contributed by atoms with Gasteiger partial charge >= 0.3 is 11.9 Å². The van der Waals surface area contributed by atoms with Gasteiger partial charge in [-0.2, -0.15) is 0 Å². The van der Waals surface area contributed by atoms with Gasteiger partial charge < -0.3 is 14.8 Å². The quantitative estimate of drug-likeness (QED) is 0.562. The van der Waals surface area contributed by atoms with E-state index in [0.29, 0.717) is 34.7 Å². The molecular weight excluding hydrogens is 406 g/mol. The number of rotatable bonds is 5. The summed E-state index contributed by atoms with van der Waals surface area (Å²) in [7, 11) is 1.28. The van der Waals surface area contributed by atoms with Crippen LogP contribution in [0.4, 0.5) is 0 Å². The number of allylic oxidation sites excluding steroid dienone is 3. The van der Waals surface area contributed by atoms with E-state index in [1.54, 1.807) is 31.2 Å². The molecule has 0 saturated carbocycles. The lowest BCUT2D eigenvalue weighted by Crippen LogP contribution is -2.43. The van der Waals surface area contributed by atoms with Crippen molar-refractivity contribution in [2.75, 3.05) is 13.7 Å². The van der Waals surface area contributed by atoms with E-state index in [1.807, 2.05) is 13.8 Å². The van der Waals surface area contributed by atoms with E-state index in [4.69, 9.17) is 21.1 Å². The highest BCUT2D eigenvalue weighted by atomic mass is 35.5. The SMILES string of the molecule is CCCOC(=O)C1=C(C)NC2=C(C(=O)[C@H](C(=O)OC)[C@H](C)C2)[C@@H]1c1ccc(Cl)cc1. The van der Waals surface area contributed by atoms with Crippen LogP contribution in [0, 0.1) is 11.8 Å². The molecule has 1 aromatic carbocycles. The van der Waals surface area contributed by atoms with Crippen molar-refractivity contribution in [1.29, 1.82) is 0 Å². The Morgan fingerprint density at radius 2 is 1.90 bits per heavy atom. The average Bonchev–Trinajstić information content (AvgIpc) is 2.71. The Balaban J connectivity index is 2.15. The largest absolute Gasteiger partial charge is 0.468 e. The number of Topliss-reactive ketones (excluding diaryl/α,β-unsaturated/α-hetero) is 1. The molecule has 0 spiro atoms. The molecule has 0 saturated heterocycles. The van der Waals surface area contributed by atoms with Gasteiger partial charge in [0.15, 0.2) is 5.78 Å². The van der Waals surface area contributed by atoms with E-state index < -0.39 is 23.8 Å². The van der Waals surface area contributed by atoms with E-state index >= 15 is 0 Å². The number of esters is 2. The van der Waals surface area contributed by atoms with Crippen molar-refractivity contribution in [2.24, 2.45) is 11.8 Å². The molecule has 0 bridgehead atoms. The second-order valence-corrected chi connectivity index (χ2v) is 8.16. The lowest BCUT2D eigenvalue weighted by molar-refractivity contribution is -0.151. The standard InChI is InChI=1S/C23H26ClNO5/c1-5-10-30-23(28)18-13(3)25-16-11-12(2)17(22(27)29-4)21(26)20(16)19(18)14-6-8-15(24)9-7-14/h6-9,12,17,19,25H,5,10-11H2,1-4H3/t12-,17-,19-/m1/s1. The topological polar surface area (TPSA) is 81.7 Å². The normalized spacial score (nSPS) is 23.6. The van der Waals surface area contributed by atoms with Gasteiger partial charge in [0.1, 0.15) is 5.92 Å². The van der Waals surface area contributed by atoms with Crippen molar-refractivity contribution in [1.82, 2.24) is 5.32 Å². The zero-order valence-corrected chi connectivity index (χ0v) is 18.3. The Kier molecular flexibility index (Phi) is 6.66. The molecule has 1 aromatic rings. The molecule has 1 N–H and O–H groups in total. The van der Waals surface area contributed by atoms with E-state index in [0.717, 1.165) is 11.3 Å². The fourth-order valence-electron chi connectivity index (χ4n) is 4.21. The second kappa shape index (κ2) is 9.04. The third-order valence-electron chi connectivity index (χ3n) is 5.60. The summed E-state index contributed by atoms with van der Waals surface area (Å²) in [6.07, 6.45) is 1.19. The Bertz CT molecular complexity index is 931. The summed E-state index contributed by atoms with van der Waals surface area (Å²) in [6.45, 7) is 5.85. The highest BCUT2D eigenvalue weighted by molar-refractivity contribution is 6.30. The minimum Gasteiger partial charge on any atom is -0.468 e. The monoisotopic (exact) mass is 431 g/mol. The summed E-state index contributed by atoms with van der Waals surface area (Å²) in [5.74, 6) is -3.13. The molecule has 30 heavy (non-hydrogen) atoms. The number of ketones is 1. The first-order chi connectivity index (χ1) is 14.3. The van der Waals surface area contributed by atoms with Crippen LogP contribution in [0.5, 0.6) is 0 Å². The van der Waals surface area contributed by atoms with Gasteiger partial charge in [0, 0.05) is 27.9 Å². The maximum absolute atomic E-state index is 13.5. The second-order valence-electron chi connectivity index (χ2n) is 7.72. The van der Waals surface area contributed by atoms with Crippen molar-refractivity contribution in [2.45, 2.75) is 39.5 Å². The third-order valence-corrected chi connectivity index (χ3v) is 5.86. The lowest BCUT2D eigenvalue weighted by Gasteiger charge is -2.38. The molecule has 0 amide bonds.